The molecule has 1 atom stereocenters. The Kier molecular flexibility index (Phi) is 4.57. The largest absolute Gasteiger partial charge is 0.381 e. The number of rotatable bonds is 4. The molecule has 0 radical (unpaired) electrons. The summed E-state index contributed by atoms with van der Waals surface area (Å²) >= 11 is 0. The minimum atomic E-state index is 0.703. The summed E-state index contributed by atoms with van der Waals surface area (Å²) in [4.78, 5) is 0. The molecule has 1 aliphatic heterocycles. The van der Waals surface area contributed by atoms with Gasteiger partial charge >= 0.3 is 0 Å². The lowest BCUT2D eigenvalue weighted by Gasteiger charge is -2.22. The van der Waals surface area contributed by atoms with Crippen LogP contribution >= 0.6 is 0 Å². The Balaban J connectivity index is 1.79. The number of aryl methyl sites for hydroxylation is 2. The van der Waals surface area contributed by atoms with E-state index in [9.17, 15) is 0 Å². The van der Waals surface area contributed by atoms with Crippen molar-refractivity contribution in [2.45, 2.75) is 33.2 Å². The molecule has 1 unspecified atom stereocenters. The molecule has 2 rings (SSSR count). The average Bonchev–Trinajstić information content (AvgIpc) is 2.35. The molecule has 1 aliphatic rings. The third-order valence-corrected chi connectivity index (χ3v) is 3.51. The summed E-state index contributed by atoms with van der Waals surface area (Å²) in [5.74, 6) is 0.703. The van der Waals surface area contributed by atoms with Gasteiger partial charge in [0.05, 0.1) is 6.61 Å². The van der Waals surface area contributed by atoms with Crippen LogP contribution in [0.5, 0.6) is 0 Å². The number of hydrogen-bond donors (Lipinski definition) is 1. The summed E-state index contributed by atoms with van der Waals surface area (Å²) in [7, 11) is 0. The second-order valence-electron chi connectivity index (χ2n) is 5.14. The maximum Gasteiger partial charge on any atom is 0.0506 e. The molecule has 0 bridgehead atoms. The fourth-order valence-electron chi connectivity index (χ4n) is 2.37. The van der Waals surface area contributed by atoms with Crippen molar-refractivity contribution < 1.29 is 4.74 Å². The van der Waals surface area contributed by atoms with Gasteiger partial charge in [-0.2, -0.15) is 0 Å². The van der Waals surface area contributed by atoms with Crippen molar-refractivity contribution in [1.29, 1.82) is 0 Å². The Morgan fingerprint density at radius 3 is 3.00 bits per heavy atom. The SMILES string of the molecule is Cc1ccc(C)c(CNCC2CCCOC2)c1. The Labute approximate surface area is 104 Å². The van der Waals surface area contributed by atoms with E-state index < -0.39 is 0 Å². The number of ether oxygens (including phenoxy) is 1. The molecule has 0 aromatic heterocycles. The standard InChI is InChI=1S/C15H23NO/c1-12-5-6-13(2)15(8-12)10-16-9-14-4-3-7-17-11-14/h5-6,8,14,16H,3-4,7,9-11H2,1-2H3. The van der Waals surface area contributed by atoms with Gasteiger partial charge in [0.2, 0.25) is 0 Å². The Hall–Kier alpha value is -0.860. The average molecular weight is 233 g/mol. The highest BCUT2D eigenvalue weighted by atomic mass is 16.5. The van der Waals surface area contributed by atoms with Crippen LogP contribution < -0.4 is 5.32 Å². The molecule has 0 saturated carbocycles. The van der Waals surface area contributed by atoms with Gasteiger partial charge in [0.15, 0.2) is 0 Å². The van der Waals surface area contributed by atoms with E-state index in [1.165, 1.54) is 29.5 Å². The maximum atomic E-state index is 5.49. The zero-order chi connectivity index (χ0) is 12.1. The molecule has 0 aliphatic carbocycles. The predicted octanol–water partition coefficient (Wildman–Crippen LogP) is 2.82. The van der Waals surface area contributed by atoms with Crippen molar-refractivity contribution in [2.24, 2.45) is 5.92 Å². The maximum absolute atomic E-state index is 5.49. The molecule has 0 spiro atoms. The minimum absolute atomic E-state index is 0.703. The Morgan fingerprint density at radius 2 is 2.24 bits per heavy atom. The Bertz CT molecular complexity index is 356. The summed E-state index contributed by atoms with van der Waals surface area (Å²) in [6.07, 6.45) is 2.52. The zero-order valence-corrected chi connectivity index (χ0v) is 11.0. The first-order valence-electron chi connectivity index (χ1n) is 6.60. The summed E-state index contributed by atoms with van der Waals surface area (Å²) < 4.78 is 5.49. The molecule has 1 aromatic rings. The highest BCUT2D eigenvalue weighted by Gasteiger charge is 2.13. The normalized spacial score (nSPS) is 20.5. The fourth-order valence-corrected chi connectivity index (χ4v) is 2.37. The number of benzene rings is 1. The van der Waals surface area contributed by atoms with E-state index in [0.29, 0.717) is 5.92 Å². The van der Waals surface area contributed by atoms with Gasteiger partial charge in [0, 0.05) is 19.7 Å². The molecule has 1 heterocycles. The van der Waals surface area contributed by atoms with Crippen molar-refractivity contribution in [2.75, 3.05) is 19.8 Å². The van der Waals surface area contributed by atoms with Crippen LogP contribution in [0.1, 0.15) is 29.5 Å². The topological polar surface area (TPSA) is 21.3 Å². The second-order valence-corrected chi connectivity index (χ2v) is 5.14. The molecule has 1 saturated heterocycles. The lowest BCUT2D eigenvalue weighted by atomic mass is 10.0. The van der Waals surface area contributed by atoms with Gasteiger partial charge in [-0.1, -0.05) is 23.8 Å². The quantitative estimate of drug-likeness (QED) is 0.863. The van der Waals surface area contributed by atoms with Gasteiger partial charge < -0.3 is 10.1 Å². The van der Waals surface area contributed by atoms with Gasteiger partial charge in [-0.05, 0) is 43.7 Å². The van der Waals surface area contributed by atoms with Crippen molar-refractivity contribution in [3.63, 3.8) is 0 Å². The van der Waals surface area contributed by atoms with E-state index >= 15 is 0 Å². The first-order chi connectivity index (χ1) is 8.25. The van der Waals surface area contributed by atoms with Gasteiger partial charge in [-0.3, -0.25) is 0 Å². The van der Waals surface area contributed by atoms with Gasteiger partial charge in [-0.15, -0.1) is 0 Å². The lowest BCUT2D eigenvalue weighted by molar-refractivity contribution is 0.0547. The van der Waals surface area contributed by atoms with E-state index in [0.717, 1.165) is 26.3 Å². The van der Waals surface area contributed by atoms with Gasteiger partial charge in [0.25, 0.3) is 0 Å². The van der Waals surface area contributed by atoms with Crippen LogP contribution in [0.2, 0.25) is 0 Å². The summed E-state index contributed by atoms with van der Waals surface area (Å²) in [6.45, 7) is 8.27. The molecule has 17 heavy (non-hydrogen) atoms. The lowest BCUT2D eigenvalue weighted by Crippen LogP contribution is -2.29. The summed E-state index contributed by atoms with van der Waals surface area (Å²) in [6, 6.07) is 6.66. The number of nitrogens with one attached hydrogen (secondary N) is 1. The van der Waals surface area contributed by atoms with Crippen LogP contribution in [0.4, 0.5) is 0 Å². The fraction of sp³-hybridized carbons (Fsp3) is 0.600. The number of hydrogen-bond acceptors (Lipinski definition) is 2. The van der Waals surface area contributed by atoms with Crippen LogP contribution in [0.15, 0.2) is 18.2 Å². The first kappa shape index (κ1) is 12.6. The van der Waals surface area contributed by atoms with E-state index in [2.05, 4.69) is 37.4 Å². The predicted molar refractivity (Wildman–Crippen MR) is 71.2 cm³/mol. The van der Waals surface area contributed by atoms with E-state index in [1.54, 1.807) is 0 Å². The molecule has 1 aromatic carbocycles. The van der Waals surface area contributed by atoms with Crippen LogP contribution in [-0.2, 0) is 11.3 Å². The van der Waals surface area contributed by atoms with Crippen LogP contribution in [0.3, 0.4) is 0 Å². The Morgan fingerprint density at radius 1 is 1.35 bits per heavy atom. The van der Waals surface area contributed by atoms with Crippen molar-refractivity contribution in [3.8, 4) is 0 Å². The smallest absolute Gasteiger partial charge is 0.0506 e. The molecular formula is C15H23NO. The monoisotopic (exact) mass is 233 g/mol. The first-order valence-corrected chi connectivity index (χ1v) is 6.60. The van der Waals surface area contributed by atoms with E-state index in [4.69, 9.17) is 4.74 Å². The second kappa shape index (κ2) is 6.18. The third kappa shape index (κ3) is 3.83. The third-order valence-electron chi connectivity index (χ3n) is 3.51. The van der Waals surface area contributed by atoms with Crippen LogP contribution in [0.25, 0.3) is 0 Å². The molecular weight excluding hydrogens is 210 g/mol. The minimum Gasteiger partial charge on any atom is -0.381 e. The molecule has 0 amide bonds. The molecule has 2 nitrogen and oxygen atoms in total. The zero-order valence-electron chi connectivity index (χ0n) is 11.0. The molecule has 2 heteroatoms. The van der Waals surface area contributed by atoms with Crippen LogP contribution in [0, 0.1) is 19.8 Å². The van der Waals surface area contributed by atoms with Gasteiger partial charge in [0.1, 0.15) is 0 Å². The van der Waals surface area contributed by atoms with Crippen LogP contribution in [-0.4, -0.2) is 19.8 Å². The van der Waals surface area contributed by atoms with E-state index in [1.807, 2.05) is 0 Å². The summed E-state index contributed by atoms with van der Waals surface area (Å²) in [5.41, 5.74) is 4.14. The highest BCUT2D eigenvalue weighted by molar-refractivity contribution is 5.30. The van der Waals surface area contributed by atoms with Crippen molar-refractivity contribution >= 4 is 0 Å². The van der Waals surface area contributed by atoms with Crippen molar-refractivity contribution in [3.05, 3.63) is 34.9 Å². The van der Waals surface area contributed by atoms with Crippen molar-refractivity contribution in [1.82, 2.24) is 5.32 Å². The molecule has 1 fully saturated rings. The highest BCUT2D eigenvalue weighted by Crippen LogP contribution is 2.13. The van der Waals surface area contributed by atoms with Gasteiger partial charge in [-0.25, -0.2) is 0 Å². The van der Waals surface area contributed by atoms with E-state index in [-0.39, 0.29) is 0 Å². The molecule has 94 valence electrons. The molecule has 1 N–H and O–H groups in total. The summed E-state index contributed by atoms with van der Waals surface area (Å²) in [5, 5.41) is 3.56.